The first-order chi connectivity index (χ1) is 14.3. The van der Waals surface area contributed by atoms with E-state index >= 15 is 0 Å². The molecule has 160 valence electrons. The maximum Gasteiger partial charge on any atom is 0.284 e. The molecule has 1 aliphatic rings. The Kier molecular flexibility index (Phi) is 6.66. The van der Waals surface area contributed by atoms with Crippen LogP contribution >= 0.6 is 0 Å². The van der Waals surface area contributed by atoms with Crippen LogP contribution in [0.15, 0.2) is 45.7 Å². The molecule has 0 atom stereocenters. The summed E-state index contributed by atoms with van der Waals surface area (Å²) in [6, 6.07) is 9.30. The molecule has 1 aliphatic heterocycles. The molecule has 2 heterocycles. The zero-order valence-corrected chi connectivity index (χ0v) is 18.2. The molecule has 9 nitrogen and oxygen atoms in total. The molecule has 0 saturated carbocycles. The average molecular weight is 431 g/mol. The first-order valence-corrected chi connectivity index (χ1v) is 11.2. The van der Waals surface area contributed by atoms with Crippen LogP contribution in [0.2, 0.25) is 0 Å². The van der Waals surface area contributed by atoms with Gasteiger partial charge in [0.1, 0.15) is 5.84 Å². The fraction of sp³-hybridized carbons (Fsp3) is 0.400. The molecule has 1 aromatic carbocycles. The Morgan fingerprint density at radius 1 is 1.13 bits per heavy atom. The van der Waals surface area contributed by atoms with Gasteiger partial charge in [-0.05, 0) is 43.2 Å². The first-order valence-electron chi connectivity index (χ1n) is 9.74. The largest absolute Gasteiger partial charge is 0.362 e. The molecule has 1 aromatic heterocycles. The minimum atomic E-state index is -3.89. The van der Waals surface area contributed by atoms with Gasteiger partial charge in [-0.25, -0.2) is 0 Å². The standard InChI is InChI=1S/C20H26N6O3S/c1-25(2)18-12-11-17(22-23-18)20(27)21-15-8-7-9-16(14-15)30(28,29)24-19-10-5-4-6-13-26(19)3/h7-9,11-12,14H,4-6,10,13H2,1-3H3,(H,21,27)/b24-19-. The van der Waals surface area contributed by atoms with Crippen molar-refractivity contribution >= 4 is 33.3 Å². The van der Waals surface area contributed by atoms with Crippen LogP contribution in [0.3, 0.4) is 0 Å². The third kappa shape index (κ3) is 5.32. The molecule has 2 aromatic rings. The van der Waals surface area contributed by atoms with E-state index < -0.39 is 15.9 Å². The molecule has 0 spiro atoms. The first kappa shape index (κ1) is 21.7. The highest BCUT2D eigenvalue weighted by molar-refractivity contribution is 7.90. The van der Waals surface area contributed by atoms with Gasteiger partial charge in [-0.1, -0.05) is 12.5 Å². The summed E-state index contributed by atoms with van der Waals surface area (Å²) in [4.78, 5) is 16.1. The molecule has 1 amide bonds. The van der Waals surface area contributed by atoms with Crippen LogP contribution in [0, 0.1) is 0 Å². The summed E-state index contributed by atoms with van der Waals surface area (Å²) in [6.45, 7) is 0.790. The third-order valence-electron chi connectivity index (χ3n) is 4.79. The number of anilines is 2. The number of sulfonamides is 1. The van der Waals surface area contributed by atoms with Crippen LogP contribution in [0.25, 0.3) is 0 Å². The van der Waals surface area contributed by atoms with Gasteiger partial charge in [0.2, 0.25) is 0 Å². The van der Waals surface area contributed by atoms with E-state index in [0.29, 0.717) is 23.8 Å². The third-order valence-corrected chi connectivity index (χ3v) is 6.09. The highest BCUT2D eigenvalue weighted by atomic mass is 32.2. The number of carbonyl (C=O) groups excluding carboxylic acids is 1. The summed E-state index contributed by atoms with van der Waals surface area (Å²) in [6.07, 6.45) is 3.63. The molecular formula is C20H26N6O3S. The monoisotopic (exact) mass is 430 g/mol. The summed E-state index contributed by atoms with van der Waals surface area (Å²) in [5.41, 5.74) is 0.475. The number of aromatic nitrogens is 2. The van der Waals surface area contributed by atoms with E-state index in [1.54, 1.807) is 29.2 Å². The fourth-order valence-corrected chi connectivity index (χ4v) is 4.19. The van der Waals surface area contributed by atoms with Crippen molar-refractivity contribution < 1.29 is 13.2 Å². The summed E-state index contributed by atoms with van der Waals surface area (Å²) < 4.78 is 29.7. The van der Waals surface area contributed by atoms with Gasteiger partial charge in [0.15, 0.2) is 11.5 Å². The highest BCUT2D eigenvalue weighted by Gasteiger charge is 2.19. The maximum atomic E-state index is 12.8. The van der Waals surface area contributed by atoms with Crippen molar-refractivity contribution in [3.05, 3.63) is 42.1 Å². The molecule has 0 aliphatic carbocycles. The lowest BCUT2D eigenvalue weighted by molar-refractivity contribution is 0.102. The Morgan fingerprint density at radius 3 is 2.63 bits per heavy atom. The molecule has 3 rings (SSSR count). The van der Waals surface area contributed by atoms with Gasteiger partial charge < -0.3 is 15.1 Å². The van der Waals surface area contributed by atoms with E-state index in [4.69, 9.17) is 0 Å². The number of carbonyl (C=O) groups is 1. The normalized spacial score (nSPS) is 16.2. The summed E-state index contributed by atoms with van der Waals surface area (Å²) in [7, 11) is 1.62. The lowest BCUT2D eigenvalue weighted by Gasteiger charge is -2.17. The number of nitrogens with zero attached hydrogens (tertiary/aromatic N) is 5. The van der Waals surface area contributed by atoms with Gasteiger partial charge in [-0.2, -0.15) is 8.42 Å². The van der Waals surface area contributed by atoms with E-state index in [0.717, 1.165) is 25.8 Å². The van der Waals surface area contributed by atoms with Crippen molar-refractivity contribution in [2.75, 3.05) is 37.9 Å². The summed E-state index contributed by atoms with van der Waals surface area (Å²) in [5.74, 6) is 0.720. The number of likely N-dealkylation sites (tertiary alicyclic amines) is 1. The zero-order chi connectivity index (χ0) is 21.7. The van der Waals surface area contributed by atoms with E-state index in [-0.39, 0.29) is 10.6 Å². The number of benzene rings is 1. The summed E-state index contributed by atoms with van der Waals surface area (Å²) >= 11 is 0. The van der Waals surface area contributed by atoms with Gasteiger partial charge in [0.05, 0.1) is 4.90 Å². The van der Waals surface area contributed by atoms with E-state index in [2.05, 4.69) is 19.9 Å². The van der Waals surface area contributed by atoms with Crippen LogP contribution in [-0.4, -0.2) is 62.9 Å². The second-order valence-electron chi connectivity index (χ2n) is 7.37. The Hall–Kier alpha value is -3.01. The van der Waals surface area contributed by atoms with Crippen LogP contribution in [0.1, 0.15) is 36.2 Å². The van der Waals surface area contributed by atoms with Gasteiger partial charge in [0.25, 0.3) is 15.9 Å². The molecular weight excluding hydrogens is 404 g/mol. The Balaban J connectivity index is 1.79. The topological polar surface area (TPSA) is 108 Å². The van der Waals surface area contributed by atoms with Crippen LogP contribution < -0.4 is 10.2 Å². The van der Waals surface area contributed by atoms with Gasteiger partial charge in [-0.15, -0.1) is 14.6 Å². The number of hydrogen-bond donors (Lipinski definition) is 1. The smallest absolute Gasteiger partial charge is 0.284 e. The van der Waals surface area contributed by atoms with Crippen molar-refractivity contribution in [2.24, 2.45) is 4.40 Å². The van der Waals surface area contributed by atoms with E-state index in [1.807, 2.05) is 26.0 Å². The minimum absolute atomic E-state index is 0.0273. The molecule has 30 heavy (non-hydrogen) atoms. The molecule has 1 fully saturated rings. The quantitative estimate of drug-likeness (QED) is 0.776. The minimum Gasteiger partial charge on any atom is -0.362 e. The molecule has 1 saturated heterocycles. The van der Waals surface area contributed by atoms with Crippen molar-refractivity contribution in [3.8, 4) is 0 Å². The van der Waals surface area contributed by atoms with Crippen molar-refractivity contribution in [2.45, 2.75) is 30.6 Å². The Labute approximate surface area is 176 Å². The van der Waals surface area contributed by atoms with Crippen LogP contribution in [-0.2, 0) is 10.0 Å². The second-order valence-corrected chi connectivity index (χ2v) is 8.97. The Morgan fingerprint density at radius 2 is 1.93 bits per heavy atom. The molecule has 10 heteroatoms. The highest BCUT2D eigenvalue weighted by Crippen LogP contribution is 2.20. The summed E-state index contributed by atoms with van der Waals surface area (Å²) in [5, 5.41) is 10.6. The lowest BCUT2D eigenvalue weighted by atomic mass is 10.2. The molecule has 0 unspecified atom stereocenters. The number of amidine groups is 1. The number of rotatable bonds is 5. The van der Waals surface area contributed by atoms with Gasteiger partial charge in [0, 0.05) is 39.8 Å². The second kappa shape index (κ2) is 9.21. The fourth-order valence-electron chi connectivity index (χ4n) is 3.05. The van der Waals surface area contributed by atoms with Crippen LogP contribution in [0.4, 0.5) is 11.5 Å². The van der Waals surface area contributed by atoms with Crippen molar-refractivity contribution in [1.29, 1.82) is 0 Å². The van der Waals surface area contributed by atoms with Gasteiger partial charge in [-0.3, -0.25) is 4.79 Å². The molecule has 0 radical (unpaired) electrons. The zero-order valence-electron chi connectivity index (χ0n) is 17.4. The molecule has 1 N–H and O–H groups in total. The number of hydrogen-bond acceptors (Lipinski definition) is 6. The predicted octanol–water partition coefficient (Wildman–Crippen LogP) is 2.39. The van der Waals surface area contributed by atoms with Crippen molar-refractivity contribution in [3.63, 3.8) is 0 Å². The van der Waals surface area contributed by atoms with E-state index in [9.17, 15) is 13.2 Å². The predicted molar refractivity (Wildman–Crippen MR) is 116 cm³/mol. The van der Waals surface area contributed by atoms with Crippen molar-refractivity contribution in [1.82, 2.24) is 15.1 Å². The van der Waals surface area contributed by atoms with Gasteiger partial charge >= 0.3 is 0 Å². The van der Waals surface area contributed by atoms with E-state index in [1.165, 1.54) is 12.1 Å². The number of nitrogens with one attached hydrogen (secondary N) is 1. The number of amides is 1. The maximum absolute atomic E-state index is 12.8. The van der Waals surface area contributed by atoms with Crippen LogP contribution in [0.5, 0.6) is 0 Å². The average Bonchev–Trinajstić information content (AvgIpc) is 2.92. The SMILES string of the molecule is CN1CCCCC/C1=N/S(=O)(=O)c1cccc(NC(=O)c2ccc(N(C)C)nn2)c1. The Bertz CT molecular complexity index is 1030. The lowest BCUT2D eigenvalue weighted by Crippen LogP contribution is -2.26. The molecule has 0 bridgehead atoms.